The highest BCUT2D eigenvalue weighted by Crippen LogP contribution is 2.35. The zero-order valence-corrected chi connectivity index (χ0v) is 23.2. The molecule has 0 atom stereocenters. The monoisotopic (exact) mass is 562 g/mol. The quantitative estimate of drug-likeness (QED) is 0.342. The standard InChI is InChI=1S/C14H19NO2.C13H18FNO2.C2H2O4/c1-11-3-5-13(6-4-11)17-14-7-9-15(10-8-14)12(2)16;1-15-8-2-7-13(16-9-10-17-13)11-3-5-12(14)6-4-11;3-1(4)2(5)6/h3-6,14H,7-10H2,1-2H3;3-6,15H,2,7-10H2,1H3;(H,3,4)(H,5,6). The number of amides is 1. The molecule has 0 bridgehead atoms. The SMILES string of the molecule is CC(=O)N1CCC(Oc2ccc(C)cc2)CC1.CNCCCC1(c2ccc(F)cc2)OCCO1.O=C(O)C(=O)O. The van der Waals surface area contributed by atoms with Crippen LogP contribution >= 0.6 is 0 Å². The fourth-order valence-corrected chi connectivity index (χ4v) is 4.21. The van der Waals surface area contributed by atoms with Crippen molar-refractivity contribution < 1.29 is 43.2 Å². The second-order valence-electron chi connectivity index (χ2n) is 9.41. The van der Waals surface area contributed by atoms with Crippen molar-refractivity contribution in [1.29, 1.82) is 0 Å². The Kier molecular flexibility index (Phi) is 13.5. The van der Waals surface area contributed by atoms with E-state index in [2.05, 4.69) is 24.4 Å². The fourth-order valence-electron chi connectivity index (χ4n) is 4.21. The average molecular weight is 563 g/mol. The van der Waals surface area contributed by atoms with Gasteiger partial charge < -0.3 is 34.6 Å². The average Bonchev–Trinajstić information content (AvgIpc) is 3.41. The van der Waals surface area contributed by atoms with Crippen molar-refractivity contribution in [3.8, 4) is 5.75 Å². The molecule has 2 heterocycles. The van der Waals surface area contributed by atoms with Gasteiger partial charge in [0.1, 0.15) is 17.7 Å². The van der Waals surface area contributed by atoms with Crippen molar-refractivity contribution >= 4 is 17.8 Å². The van der Waals surface area contributed by atoms with Crippen LogP contribution in [0, 0.1) is 12.7 Å². The van der Waals surface area contributed by atoms with E-state index in [4.69, 9.17) is 34.0 Å². The third kappa shape index (κ3) is 10.9. The summed E-state index contributed by atoms with van der Waals surface area (Å²) in [5, 5.41) is 17.9. The van der Waals surface area contributed by atoms with E-state index in [-0.39, 0.29) is 17.8 Å². The molecular formula is C29H39FN2O8. The van der Waals surface area contributed by atoms with Gasteiger partial charge in [-0.2, -0.15) is 0 Å². The van der Waals surface area contributed by atoms with Crippen molar-refractivity contribution in [2.75, 3.05) is 39.9 Å². The number of carboxylic acid groups (broad SMARTS) is 2. The lowest BCUT2D eigenvalue weighted by molar-refractivity contribution is -0.171. The minimum Gasteiger partial charge on any atom is -0.490 e. The first kappa shape index (κ1) is 32.7. The smallest absolute Gasteiger partial charge is 0.414 e. The molecule has 0 saturated carbocycles. The second-order valence-corrected chi connectivity index (χ2v) is 9.41. The van der Waals surface area contributed by atoms with Gasteiger partial charge in [0.2, 0.25) is 5.91 Å². The molecule has 2 fully saturated rings. The number of ether oxygens (including phenoxy) is 3. The van der Waals surface area contributed by atoms with Gasteiger partial charge in [-0.15, -0.1) is 0 Å². The topological polar surface area (TPSA) is 135 Å². The van der Waals surface area contributed by atoms with Crippen LogP contribution in [0.2, 0.25) is 0 Å². The predicted octanol–water partition coefficient (Wildman–Crippen LogP) is 3.57. The summed E-state index contributed by atoms with van der Waals surface area (Å²) >= 11 is 0. The van der Waals surface area contributed by atoms with Gasteiger partial charge >= 0.3 is 11.9 Å². The molecule has 2 saturated heterocycles. The van der Waals surface area contributed by atoms with Crippen LogP contribution in [-0.4, -0.2) is 79.0 Å². The highest BCUT2D eigenvalue weighted by atomic mass is 19.1. The van der Waals surface area contributed by atoms with Gasteiger partial charge in [0.25, 0.3) is 0 Å². The maximum atomic E-state index is 12.9. The first-order chi connectivity index (χ1) is 19.1. The van der Waals surface area contributed by atoms with Gasteiger partial charge in [-0.3, -0.25) is 4.79 Å². The molecule has 0 radical (unpaired) electrons. The molecule has 40 heavy (non-hydrogen) atoms. The van der Waals surface area contributed by atoms with Crippen molar-refractivity contribution in [1.82, 2.24) is 10.2 Å². The molecule has 4 rings (SSSR count). The number of nitrogens with zero attached hydrogens (tertiary/aromatic N) is 1. The molecule has 3 N–H and O–H groups in total. The number of piperidine rings is 1. The molecule has 220 valence electrons. The zero-order valence-electron chi connectivity index (χ0n) is 23.2. The summed E-state index contributed by atoms with van der Waals surface area (Å²) in [5.41, 5.74) is 2.14. The highest BCUT2D eigenvalue weighted by molar-refractivity contribution is 6.27. The summed E-state index contributed by atoms with van der Waals surface area (Å²) < 4.78 is 30.3. The first-order valence-electron chi connectivity index (χ1n) is 13.2. The van der Waals surface area contributed by atoms with E-state index in [1.807, 2.05) is 24.1 Å². The molecule has 0 aliphatic carbocycles. The minimum atomic E-state index is -1.82. The summed E-state index contributed by atoms with van der Waals surface area (Å²) in [6.07, 6.45) is 3.82. The number of likely N-dealkylation sites (tertiary alicyclic amines) is 1. The molecule has 2 aromatic carbocycles. The Hall–Kier alpha value is -3.54. The summed E-state index contributed by atoms with van der Waals surface area (Å²) in [6.45, 7) is 7.41. The van der Waals surface area contributed by atoms with Gasteiger partial charge in [0, 0.05) is 44.8 Å². The molecular weight excluding hydrogens is 523 g/mol. The summed E-state index contributed by atoms with van der Waals surface area (Å²) in [7, 11) is 1.92. The van der Waals surface area contributed by atoms with Crippen LogP contribution < -0.4 is 10.1 Å². The van der Waals surface area contributed by atoms with Crippen LogP contribution in [0.1, 0.15) is 43.7 Å². The van der Waals surface area contributed by atoms with E-state index >= 15 is 0 Å². The van der Waals surface area contributed by atoms with Crippen molar-refractivity contribution in [3.63, 3.8) is 0 Å². The number of benzene rings is 2. The molecule has 0 unspecified atom stereocenters. The van der Waals surface area contributed by atoms with E-state index in [0.29, 0.717) is 13.2 Å². The maximum absolute atomic E-state index is 12.9. The summed E-state index contributed by atoms with van der Waals surface area (Å²) in [4.78, 5) is 31.3. The lowest BCUT2D eigenvalue weighted by atomic mass is 10.0. The third-order valence-corrected chi connectivity index (χ3v) is 6.36. The van der Waals surface area contributed by atoms with Crippen LogP contribution in [-0.2, 0) is 29.6 Å². The lowest BCUT2D eigenvalue weighted by Crippen LogP contribution is -2.40. The lowest BCUT2D eigenvalue weighted by Gasteiger charge is -2.31. The Morgan fingerprint density at radius 3 is 2.02 bits per heavy atom. The summed E-state index contributed by atoms with van der Waals surface area (Å²) in [6, 6.07) is 14.5. The fraction of sp³-hybridized carbons (Fsp3) is 0.483. The van der Waals surface area contributed by atoms with Crippen LogP contribution in [0.3, 0.4) is 0 Å². The Morgan fingerprint density at radius 1 is 1.00 bits per heavy atom. The number of aliphatic carboxylic acids is 2. The molecule has 0 spiro atoms. The zero-order chi connectivity index (χ0) is 29.5. The number of carboxylic acids is 2. The van der Waals surface area contributed by atoms with Gasteiger partial charge in [-0.1, -0.05) is 29.8 Å². The number of hydrogen-bond donors (Lipinski definition) is 3. The van der Waals surface area contributed by atoms with Crippen molar-refractivity contribution in [2.45, 2.75) is 51.4 Å². The summed E-state index contributed by atoms with van der Waals surface area (Å²) in [5.74, 6) is -3.47. The minimum absolute atomic E-state index is 0.166. The van der Waals surface area contributed by atoms with E-state index < -0.39 is 17.7 Å². The molecule has 2 aromatic rings. The van der Waals surface area contributed by atoms with Crippen molar-refractivity contribution in [3.05, 3.63) is 65.5 Å². The van der Waals surface area contributed by atoms with Gasteiger partial charge in [-0.25, -0.2) is 14.0 Å². The maximum Gasteiger partial charge on any atom is 0.414 e. The van der Waals surface area contributed by atoms with Crippen LogP contribution in [0.5, 0.6) is 5.75 Å². The predicted molar refractivity (Wildman–Crippen MR) is 145 cm³/mol. The number of carbonyl (C=O) groups is 3. The Bertz CT molecular complexity index is 1050. The van der Waals surface area contributed by atoms with Gasteiger partial charge in [0.15, 0.2) is 5.79 Å². The van der Waals surface area contributed by atoms with E-state index in [9.17, 15) is 9.18 Å². The molecule has 2 aliphatic rings. The number of nitrogens with one attached hydrogen (secondary N) is 1. The molecule has 2 aliphatic heterocycles. The van der Waals surface area contributed by atoms with Crippen LogP contribution in [0.15, 0.2) is 48.5 Å². The molecule has 1 amide bonds. The Morgan fingerprint density at radius 2 is 1.55 bits per heavy atom. The second kappa shape index (κ2) is 16.5. The van der Waals surface area contributed by atoms with E-state index in [1.54, 1.807) is 19.1 Å². The number of halogens is 1. The number of aryl methyl sites for hydroxylation is 1. The molecule has 10 nitrogen and oxygen atoms in total. The van der Waals surface area contributed by atoms with Gasteiger partial charge in [-0.05, 0) is 51.2 Å². The Labute approximate surface area is 234 Å². The van der Waals surface area contributed by atoms with Crippen LogP contribution in [0.25, 0.3) is 0 Å². The number of rotatable bonds is 7. The first-order valence-corrected chi connectivity index (χ1v) is 13.2. The van der Waals surface area contributed by atoms with Gasteiger partial charge in [0.05, 0.1) is 13.2 Å². The normalized spacial score (nSPS) is 16.1. The number of hydrogen-bond acceptors (Lipinski definition) is 7. The van der Waals surface area contributed by atoms with E-state index in [0.717, 1.165) is 56.6 Å². The largest absolute Gasteiger partial charge is 0.490 e. The third-order valence-electron chi connectivity index (χ3n) is 6.36. The number of carbonyl (C=O) groups excluding carboxylic acids is 1. The van der Waals surface area contributed by atoms with E-state index in [1.165, 1.54) is 17.7 Å². The highest BCUT2D eigenvalue weighted by Gasteiger charge is 2.37. The molecule has 0 aromatic heterocycles. The Balaban J connectivity index is 0.000000234. The van der Waals surface area contributed by atoms with Crippen molar-refractivity contribution in [2.24, 2.45) is 0 Å². The van der Waals surface area contributed by atoms with Crippen LogP contribution in [0.4, 0.5) is 4.39 Å². The molecule has 11 heteroatoms.